The van der Waals surface area contributed by atoms with Crippen LogP contribution in [0.15, 0.2) is 82.3 Å². The molecule has 0 atom stereocenters. The average Bonchev–Trinajstić information content (AvgIpc) is 2.54. The largest absolute Gasteiger partial charge is 0.463 e. The first-order chi connectivity index (χ1) is 10.7. The number of rotatable bonds is 6. The zero-order valence-electron chi connectivity index (χ0n) is 12.7. The molecular weight excluding hydrogens is 296 g/mol. The van der Waals surface area contributed by atoms with Gasteiger partial charge in [-0.25, -0.2) is 4.79 Å². The molecule has 3 nitrogen and oxygen atoms in total. The van der Waals surface area contributed by atoms with E-state index in [1.807, 2.05) is 60.7 Å². The van der Waals surface area contributed by atoms with Crippen LogP contribution < -0.4 is 0 Å². The van der Waals surface area contributed by atoms with Gasteiger partial charge in [0, 0.05) is 0 Å². The number of carbonyl (C=O) groups excluding carboxylic acids is 1. The second kappa shape index (κ2) is 8.29. The van der Waals surface area contributed by atoms with E-state index in [0.29, 0.717) is 12.4 Å². The summed E-state index contributed by atoms with van der Waals surface area (Å²) < 4.78 is 10.9. The lowest BCUT2D eigenvalue weighted by molar-refractivity contribution is -0.137. The highest BCUT2D eigenvalue weighted by atomic mass is 32.2. The fourth-order valence-electron chi connectivity index (χ4n) is 1.83. The molecule has 0 aliphatic carbocycles. The monoisotopic (exact) mass is 315 g/mol. The van der Waals surface area contributed by atoms with E-state index in [-0.39, 0.29) is 5.97 Å². The number of esters is 1. The van der Waals surface area contributed by atoms with Crippen molar-refractivity contribution in [2.24, 2.45) is 0 Å². The molecule has 4 heteroatoms. The maximum atomic E-state index is 11.5. The number of hydrogen-bond donors (Lipinski definition) is 0. The van der Waals surface area contributed by atoms with E-state index in [1.54, 1.807) is 13.8 Å². The summed E-state index contributed by atoms with van der Waals surface area (Å²) in [6.07, 6.45) is 1.38. The molecule has 114 valence electrons. The van der Waals surface area contributed by atoms with Crippen LogP contribution in [0.2, 0.25) is 0 Å². The SMILES string of the molecule is CCOC(=O)/C=C(\C)O[S+](c1ccccc1)c1ccccc1. The predicted molar refractivity (Wildman–Crippen MR) is 88.3 cm³/mol. The Morgan fingerprint density at radius 1 is 1.00 bits per heavy atom. The normalized spacial score (nSPS) is 11.3. The topological polar surface area (TPSA) is 35.5 Å². The van der Waals surface area contributed by atoms with Gasteiger partial charge in [-0.2, -0.15) is 0 Å². The molecule has 0 spiro atoms. The number of hydrogen-bond acceptors (Lipinski definition) is 3. The van der Waals surface area contributed by atoms with Crippen molar-refractivity contribution in [3.63, 3.8) is 0 Å². The van der Waals surface area contributed by atoms with Crippen molar-refractivity contribution in [1.82, 2.24) is 0 Å². The van der Waals surface area contributed by atoms with E-state index in [9.17, 15) is 4.79 Å². The minimum absolute atomic E-state index is 0.353. The lowest BCUT2D eigenvalue weighted by atomic mass is 10.4. The van der Waals surface area contributed by atoms with Crippen LogP contribution in [0, 0.1) is 0 Å². The van der Waals surface area contributed by atoms with Crippen molar-refractivity contribution in [2.75, 3.05) is 6.61 Å². The summed E-state index contributed by atoms with van der Waals surface area (Å²) in [6, 6.07) is 19.9. The summed E-state index contributed by atoms with van der Waals surface area (Å²) in [5.74, 6) is 0.152. The minimum atomic E-state index is -0.578. The van der Waals surface area contributed by atoms with Crippen LogP contribution in [0.1, 0.15) is 13.8 Å². The fraction of sp³-hybridized carbons (Fsp3) is 0.167. The first kappa shape index (κ1) is 16.2. The molecule has 22 heavy (non-hydrogen) atoms. The zero-order valence-corrected chi connectivity index (χ0v) is 13.5. The summed E-state index contributed by atoms with van der Waals surface area (Å²) in [7, 11) is 0. The summed E-state index contributed by atoms with van der Waals surface area (Å²) in [5, 5.41) is 0. The van der Waals surface area contributed by atoms with E-state index >= 15 is 0 Å². The first-order valence-electron chi connectivity index (χ1n) is 7.08. The molecule has 0 N–H and O–H groups in total. The summed E-state index contributed by atoms with van der Waals surface area (Å²) in [4.78, 5) is 13.7. The van der Waals surface area contributed by atoms with Crippen LogP contribution in [0.3, 0.4) is 0 Å². The Labute approximate surface area is 134 Å². The second-order valence-electron chi connectivity index (χ2n) is 4.49. The van der Waals surface area contributed by atoms with Crippen molar-refractivity contribution < 1.29 is 13.7 Å². The molecule has 0 amide bonds. The standard InChI is InChI=1S/C18H19O3S/c1-3-20-18(19)14-15(2)21-22(16-10-6-4-7-11-16)17-12-8-5-9-13-17/h4-14H,3H2,1-2H3/q+1/b15-14+. The highest BCUT2D eigenvalue weighted by Crippen LogP contribution is 2.26. The third kappa shape index (κ3) is 4.67. The van der Waals surface area contributed by atoms with Crippen molar-refractivity contribution in [3.8, 4) is 0 Å². The van der Waals surface area contributed by atoms with E-state index in [1.165, 1.54) is 6.08 Å². The van der Waals surface area contributed by atoms with E-state index in [2.05, 4.69) is 0 Å². The third-order valence-electron chi connectivity index (χ3n) is 2.74. The van der Waals surface area contributed by atoms with Gasteiger partial charge in [-0.05, 0) is 38.1 Å². The predicted octanol–water partition coefficient (Wildman–Crippen LogP) is 4.12. The molecule has 0 saturated carbocycles. The van der Waals surface area contributed by atoms with Gasteiger partial charge in [-0.1, -0.05) is 36.4 Å². The van der Waals surface area contributed by atoms with Gasteiger partial charge < -0.3 is 4.74 Å². The molecular formula is C18H19O3S+. The summed E-state index contributed by atoms with van der Waals surface area (Å²) in [6.45, 7) is 3.90. The van der Waals surface area contributed by atoms with Gasteiger partial charge in [0.15, 0.2) is 5.76 Å². The van der Waals surface area contributed by atoms with Crippen LogP contribution in [-0.4, -0.2) is 12.6 Å². The van der Waals surface area contributed by atoms with Crippen LogP contribution in [-0.2, 0) is 24.9 Å². The molecule has 0 unspecified atom stereocenters. The van der Waals surface area contributed by atoms with Crippen molar-refractivity contribution >= 4 is 17.1 Å². The van der Waals surface area contributed by atoms with Gasteiger partial charge in [0.1, 0.15) is 0 Å². The first-order valence-corrected chi connectivity index (χ1v) is 8.23. The van der Waals surface area contributed by atoms with Crippen molar-refractivity contribution in [3.05, 3.63) is 72.5 Å². The highest BCUT2D eigenvalue weighted by molar-refractivity contribution is 7.92. The molecule has 0 heterocycles. The minimum Gasteiger partial charge on any atom is -0.463 e. The molecule has 0 saturated heterocycles. The van der Waals surface area contributed by atoms with Gasteiger partial charge in [0.05, 0.1) is 12.7 Å². The Kier molecular flexibility index (Phi) is 6.10. The molecule has 0 bridgehead atoms. The van der Waals surface area contributed by atoms with Gasteiger partial charge in [0.25, 0.3) is 11.2 Å². The Morgan fingerprint density at radius 2 is 1.50 bits per heavy atom. The molecule has 0 aromatic heterocycles. The molecule has 0 radical (unpaired) electrons. The van der Waals surface area contributed by atoms with E-state index in [4.69, 9.17) is 8.92 Å². The van der Waals surface area contributed by atoms with Crippen molar-refractivity contribution in [2.45, 2.75) is 23.6 Å². The van der Waals surface area contributed by atoms with Crippen LogP contribution >= 0.6 is 0 Å². The zero-order chi connectivity index (χ0) is 15.8. The number of carbonyl (C=O) groups is 1. The Morgan fingerprint density at radius 3 is 1.95 bits per heavy atom. The number of benzene rings is 2. The van der Waals surface area contributed by atoms with E-state index < -0.39 is 11.2 Å². The quantitative estimate of drug-likeness (QED) is 0.348. The highest BCUT2D eigenvalue weighted by Gasteiger charge is 2.29. The van der Waals surface area contributed by atoms with Gasteiger partial charge in [-0.15, -0.1) is 0 Å². The third-order valence-corrected chi connectivity index (χ3v) is 4.57. The van der Waals surface area contributed by atoms with Gasteiger partial charge in [0.2, 0.25) is 9.79 Å². The molecule has 0 aliphatic rings. The van der Waals surface area contributed by atoms with Gasteiger partial charge in [-0.3, -0.25) is 4.18 Å². The Bertz CT molecular complexity index is 584. The molecule has 2 aromatic rings. The fourth-order valence-corrected chi connectivity index (χ4v) is 3.41. The molecule has 0 fully saturated rings. The van der Waals surface area contributed by atoms with E-state index in [0.717, 1.165) is 9.79 Å². The summed E-state index contributed by atoms with van der Waals surface area (Å²) >= 11 is -0.578. The van der Waals surface area contributed by atoms with Gasteiger partial charge >= 0.3 is 5.97 Å². The molecule has 2 rings (SSSR count). The number of allylic oxidation sites excluding steroid dienone is 1. The Hall–Kier alpha value is -2.20. The number of ether oxygens (including phenoxy) is 1. The average molecular weight is 315 g/mol. The lowest BCUT2D eigenvalue weighted by Gasteiger charge is -2.07. The lowest BCUT2D eigenvalue weighted by Crippen LogP contribution is -2.09. The maximum Gasteiger partial charge on any atom is 0.334 e. The van der Waals surface area contributed by atoms with Crippen LogP contribution in [0.25, 0.3) is 0 Å². The Balaban J connectivity index is 2.25. The second-order valence-corrected chi connectivity index (χ2v) is 6.13. The van der Waals surface area contributed by atoms with Crippen LogP contribution in [0.5, 0.6) is 0 Å². The smallest absolute Gasteiger partial charge is 0.334 e. The summed E-state index contributed by atoms with van der Waals surface area (Å²) in [5.41, 5.74) is 0. The maximum absolute atomic E-state index is 11.5. The van der Waals surface area contributed by atoms with Crippen molar-refractivity contribution in [1.29, 1.82) is 0 Å². The van der Waals surface area contributed by atoms with Crippen LogP contribution in [0.4, 0.5) is 0 Å². The molecule has 0 aliphatic heterocycles. The molecule has 2 aromatic carbocycles.